The summed E-state index contributed by atoms with van der Waals surface area (Å²) in [6, 6.07) is 14.4. The number of piperidine rings is 1. The molecule has 28 heavy (non-hydrogen) atoms. The molecule has 0 bridgehead atoms. The lowest BCUT2D eigenvalue weighted by Gasteiger charge is -2.35. The molecule has 3 aliphatic rings. The van der Waals surface area contributed by atoms with Crippen LogP contribution in [-0.4, -0.2) is 36.7 Å². The van der Waals surface area contributed by atoms with Crippen molar-refractivity contribution >= 4 is 23.4 Å². The monoisotopic (exact) mass is 375 g/mol. The van der Waals surface area contributed by atoms with Crippen LogP contribution >= 0.6 is 0 Å². The maximum atomic E-state index is 13.0. The van der Waals surface area contributed by atoms with Crippen LogP contribution in [0.3, 0.4) is 0 Å². The van der Waals surface area contributed by atoms with E-state index >= 15 is 0 Å². The first-order chi connectivity index (χ1) is 13.8. The number of anilines is 2. The molecular weight excluding hydrogens is 350 g/mol. The molecule has 144 valence electrons. The van der Waals surface area contributed by atoms with Crippen LogP contribution in [0.25, 0.3) is 6.08 Å². The highest BCUT2D eigenvalue weighted by Crippen LogP contribution is 2.37. The summed E-state index contributed by atoms with van der Waals surface area (Å²) in [7, 11) is 0. The minimum Gasteiger partial charge on any atom is -0.471 e. The number of ether oxygens (including phenoxy) is 1. The molecule has 3 aliphatic heterocycles. The van der Waals surface area contributed by atoms with Gasteiger partial charge in [0.15, 0.2) is 6.73 Å². The molecule has 1 amide bonds. The number of nitrogens with one attached hydrogen (secondary N) is 2. The van der Waals surface area contributed by atoms with Gasteiger partial charge in [-0.2, -0.15) is 0 Å². The summed E-state index contributed by atoms with van der Waals surface area (Å²) in [5, 5.41) is 6.59. The lowest BCUT2D eigenvalue weighted by atomic mass is 9.90. The van der Waals surface area contributed by atoms with Crippen molar-refractivity contribution in [3.63, 3.8) is 0 Å². The molecule has 2 aromatic carbocycles. The fourth-order valence-corrected chi connectivity index (χ4v) is 4.37. The zero-order chi connectivity index (χ0) is 18.9. The number of fused-ring (bicyclic) bond motifs is 2. The second-order valence-corrected chi connectivity index (χ2v) is 7.84. The highest BCUT2D eigenvalue weighted by atomic mass is 16.5. The van der Waals surface area contributed by atoms with Gasteiger partial charge in [0.1, 0.15) is 11.8 Å². The summed E-state index contributed by atoms with van der Waals surface area (Å²) in [6.45, 7) is 2.18. The van der Waals surface area contributed by atoms with Crippen molar-refractivity contribution in [1.29, 1.82) is 0 Å². The first-order valence-electron chi connectivity index (χ1n) is 10.1. The van der Waals surface area contributed by atoms with E-state index in [1.807, 2.05) is 23.1 Å². The molecule has 0 radical (unpaired) electrons. The molecule has 1 fully saturated rings. The van der Waals surface area contributed by atoms with E-state index in [1.54, 1.807) is 0 Å². The Labute approximate surface area is 165 Å². The third kappa shape index (κ3) is 3.33. The number of amides is 1. The average Bonchev–Trinajstić information content (AvgIpc) is 3.20. The third-order valence-corrected chi connectivity index (χ3v) is 5.98. The summed E-state index contributed by atoms with van der Waals surface area (Å²) in [6.07, 6.45) is 7.26. The van der Waals surface area contributed by atoms with E-state index in [9.17, 15) is 4.79 Å². The van der Waals surface area contributed by atoms with E-state index < -0.39 is 0 Å². The molecule has 5 heteroatoms. The maximum absolute atomic E-state index is 13.0. The molecule has 3 heterocycles. The molecule has 5 rings (SSSR count). The van der Waals surface area contributed by atoms with E-state index in [2.05, 4.69) is 47.0 Å². The number of hydrogen-bond acceptors (Lipinski definition) is 4. The average molecular weight is 375 g/mol. The SMILES string of the molecule is O=C(C1C=Cc2cc3c(cc2N1)OCN3)N1CCC(Cc2ccccc2)CC1. The van der Waals surface area contributed by atoms with Crippen molar-refractivity contribution in [2.75, 3.05) is 30.5 Å². The van der Waals surface area contributed by atoms with Crippen LogP contribution in [0.5, 0.6) is 5.75 Å². The minimum absolute atomic E-state index is 0.166. The third-order valence-electron chi connectivity index (χ3n) is 5.98. The summed E-state index contributed by atoms with van der Waals surface area (Å²) in [5.41, 5.74) is 4.45. The molecular formula is C23H25N3O2. The van der Waals surface area contributed by atoms with Crippen molar-refractivity contribution in [3.8, 4) is 5.75 Å². The van der Waals surface area contributed by atoms with Gasteiger partial charge >= 0.3 is 0 Å². The number of rotatable bonds is 3. The lowest BCUT2D eigenvalue weighted by molar-refractivity contribution is -0.132. The zero-order valence-electron chi connectivity index (χ0n) is 15.9. The Morgan fingerprint density at radius 2 is 1.93 bits per heavy atom. The Balaban J connectivity index is 1.20. The van der Waals surface area contributed by atoms with E-state index in [0.717, 1.165) is 55.0 Å². The minimum atomic E-state index is -0.300. The highest BCUT2D eigenvalue weighted by Gasteiger charge is 2.29. The molecule has 1 atom stereocenters. The number of carbonyl (C=O) groups is 1. The van der Waals surface area contributed by atoms with Crippen LogP contribution in [0, 0.1) is 5.92 Å². The number of benzene rings is 2. The van der Waals surface area contributed by atoms with Crippen molar-refractivity contribution < 1.29 is 9.53 Å². The second-order valence-electron chi connectivity index (χ2n) is 7.84. The summed E-state index contributed by atoms with van der Waals surface area (Å²) < 4.78 is 5.57. The largest absolute Gasteiger partial charge is 0.471 e. The van der Waals surface area contributed by atoms with Gasteiger partial charge in [-0.1, -0.05) is 42.5 Å². The van der Waals surface area contributed by atoms with Crippen molar-refractivity contribution in [2.45, 2.75) is 25.3 Å². The van der Waals surface area contributed by atoms with Crippen LogP contribution in [0.2, 0.25) is 0 Å². The quantitative estimate of drug-likeness (QED) is 0.858. The fourth-order valence-electron chi connectivity index (χ4n) is 4.37. The standard InChI is InChI=1S/C23H25N3O2/c27-23(26-10-8-17(9-11-26)12-16-4-2-1-3-5-16)19-7-6-18-13-21-22(28-15-24-21)14-20(18)25-19/h1-7,13-14,17,19,24-25H,8-12,15H2. The van der Waals surface area contributed by atoms with Crippen LogP contribution in [0.4, 0.5) is 11.4 Å². The van der Waals surface area contributed by atoms with Crippen molar-refractivity contribution in [1.82, 2.24) is 4.90 Å². The number of hydrogen-bond donors (Lipinski definition) is 2. The van der Waals surface area contributed by atoms with Crippen molar-refractivity contribution in [3.05, 3.63) is 59.7 Å². The van der Waals surface area contributed by atoms with E-state index in [0.29, 0.717) is 12.6 Å². The first-order valence-corrected chi connectivity index (χ1v) is 10.1. The van der Waals surface area contributed by atoms with Gasteiger partial charge in [0.05, 0.1) is 5.69 Å². The Morgan fingerprint density at radius 1 is 1.11 bits per heavy atom. The Kier molecular flexibility index (Phi) is 4.43. The molecule has 5 nitrogen and oxygen atoms in total. The van der Waals surface area contributed by atoms with E-state index in [-0.39, 0.29) is 11.9 Å². The molecule has 0 spiro atoms. The molecule has 0 saturated carbocycles. The Bertz CT molecular complexity index is 902. The molecule has 2 N–H and O–H groups in total. The fraction of sp³-hybridized carbons (Fsp3) is 0.348. The Hall–Kier alpha value is -2.95. The van der Waals surface area contributed by atoms with Crippen LogP contribution in [0.1, 0.15) is 24.0 Å². The van der Waals surface area contributed by atoms with Crippen molar-refractivity contribution in [2.24, 2.45) is 5.92 Å². The zero-order valence-corrected chi connectivity index (χ0v) is 15.9. The molecule has 0 aliphatic carbocycles. The normalized spacial score (nSPS) is 20.6. The number of carbonyl (C=O) groups excluding carboxylic acids is 1. The van der Waals surface area contributed by atoms with Crippen LogP contribution in [0.15, 0.2) is 48.5 Å². The van der Waals surface area contributed by atoms with Gasteiger partial charge in [-0.05, 0) is 42.4 Å². The van der Waals surface area contributed by atoms with Gasteiger partial charge in [0, 0.05) is 24.8 Å². The lowest BCUT2D eigenvalue weighted by Crippen LogP contribution is -2.46. The molecule has 1 saturated heterocycles. The van der Waals surface area contributed by atoms with Gasteiger partial charge in [0.25, 0.3) is 0 Å². The van der Waals surface area contributed by atoms with Gasteiger partial charge in [-0.25, -0.2) is 0 Å². The predicted octanol–water partition coefficient (Wildman–Crippen LogP) is 3.74. The van der Waals surface area contributed by atoms with Gasteiger partial charge in [-0.3, -0.25) is 4.79 Å². The first kappa shape index (κ1) is 17.2. The Morgan fingerprint density at radius 3 is 2.75 bits per heavy atom. The molecule has 1 unspecified atom stereocenters. The number of likely N-dealkylation sites (tertiary alicyclic amines) is 1. The molecule has 2 aromatic rings. The summed E-state index contributed by atoms with van der Waals surface area (Å²) >= 11 is 0. The van der Waals surface area contributed by atoms with Gasteiger partial charge in [0.2, 0.25) is 5.91 Å². The summed E-state index contributed by atoms with van der Waals surface area (Å²) in [4.78, 5) is 15.0. The number of nitrogens with zero attached hydrogens (tertiary/aromatic N) is 1. The van der Waals surface area contributed by atoms with Crippen LogP contribution in [-0.2, 0) is 11.2 Å². The maximum Gasteiger partial charge on any atom is 0.249 e. The predicted molar refractivity (Wildman–Crippen MR) is 111 cm³/mol. The van der Waals surface area contributed by atoms with Crippen LogP contribution < -0.4 is 15.4 Å². The summed E-state index contributed by atoms with van der Waals surface area (Å²) in [5.74, 6) is 1.67. The highest BCUT2D eigenvalue weighted by molar-refractivity contribution is 5.92. The van der Waals surface area contributed by atoms with E-state index in [4.69, 9.17) is 4.74 Å². The van der Waals surface area contributed by atoms with E-state index in [1.165, 1.54) is 5.56 Å². The molecule has 0 aromatic heterocycles. The smallest absolute Gasteiger partial charge is 0.249 e. The van der Waals surface area contributed by atoms with Gasteiger partial charge < -0.3 is 20.3 Å². The van der Waals surface area contributed by atoms with Gasteiger partial charge in [-0.15, -0.1) is 0 Å². The topological polar surface area (TPSA) is 53.6 Å². The second kappa shape index (κ2) is 7.23.